The molecule has 0 radical (unpaired) electrons. The molecule has 0 saturated heterocycles. The van der Waals surface area contributed by atoms with Gasteiger partial charge in [0.05, 0.1) is 6.61 Å². The van der Waals surface area contributed by atoms with Crippen molar-refractivity contribution in [3.63, 3.8) is 0 Å². The van der Waals surface area contributed by atoms with Crippen molar-refractivity contribution < 1.29 is 4.74 Å². The average Bonchev–Trinajstić information content (AvgIpc) is 2.93. The Hall–Kier alpha value is -1.72. The Morgan fingerprint density at radius 1 is 1.26 bits per heavy atom. The third-order valence-electron chi connectivity index (χ3n) is 3.09. The summed E-state index contributed by atoms with van der Waals surface area (Å²) in [7, 11) is 1.72. The van der Waals surface area contributed by atoms with Crippen LogP contribution in [0, 0.1) is 0 Å². The van der Waals surface area contributed by atoms with E-state index in [2.05, 4.69) is 27.7 Å². The van der Waals surface area contributed by atoms with Gasteiger partial charge in [-0.15, -0.1) is 0 Å². The molecular weight excluding hydrogens is 240 g/mol. The molecule has 1 heterocycles. The van der Waals surface area contributed by atoms with Crippen molar-refractivity contribution in [2.45, 2.75) is 25.9 Å². The van der Waals surface area contributed by atoms with Gasteiger partial charge in [0.25, 0.3) is 0 Å². The third-order valence-corrected chi connectivity index (χ3v) is 3.09. The lowest BCUT2D eigenvalue weighted by Gasteiger charge is -2.15. The number of H-pyrrole nitrogens is 1. The summed E-state index contributed by atoms with van der Waals surface area (Å²) < 4.78 is 5.17. The third kappa shape index (κ3) is 3.62. The van der Waals surface area contributed by atoms with Gasteiger partial charge in [0.15, 0.2) is 0 Å². The number of aromatic nitrogens is 3. The number of ether oxygens (including phenoxy) is 1. The Labute approximate surface area is 113 Å². The minimum atomic E-state index is 0.338. The number of hydrogen-bond donors (Lipinski definition) is 2. The van der Waals surface area contributed by atoms with Crippen LogP contribution in [0.1, 0.15) is 19.0 Å². The standard InChI is InChI=1S/C14H20N4O/c1-3-12(10-19-2)15-9-13-14(17-18-16-13)11-7-5-4-6-8-11/h4-8,12,15H,3,9-10H2,1-2H3,(H,16,17,18). The van der Waals surface area contributed by atoms with Crippen LogP contribution in [0.25, 0.3) is 11.3 Å². The Morgan fingerprint density at radius 2 is 2.05 bits per heavy atom. The molecule has 0 aliphatic rings. The van der Waals surface area contributed by atoms with Crippen LogP contribution in [-0.2, 0) is 11.3 Å². The number of aromatic amines is 1. The summed E-state index contributed by atoms with van der Waals surface area (Å²) >= 11 is 0. The number of nitrogens with one attached hydrogen (secondary N) is 2. The van der Waals surface area contributed by atoms with E-state index in [1.165, 1.54) is 0 Å². The lowest BCUT2D eigenvalue weighted by molar-refractivity contribution is 0.163. The van der Waals surface area contributed by atoms with Crippen LogP contribution in [-0.4, -0.2) is 35.2 Å². The van der Waals surface area contributed by atoms with Crippen molar-refractivity contribution in [3.05, 3.63) is 36.0 Å². The molecule has 1 unspecified atom stereocenters. The number of benzene rings is 1. The minimum absolute atomic E-state index is 0.338. The first-order chi connectivity index (χ1) is 9.35. The monoisotopic (exact) mass is 260 g/mol. The van der Waals surface area contributed by atoms with E-state index in [9.17, 15) is 0 Å². The van der Waals surface area contributed by atoms with E-state index >= 15 is 0 Å². The van der Waals surface area contributed by atoms with Crippen molar-refractivity contribution in [1.82, 2.24) is 20.7 Å². The summed E-state index contributed by atoms with van der Waals surface area (Å²) in [5.41, 5.74) is 2.91. The highest BCUT2D eigenvalue weighted by Gasteiger charge is 2.12. The van der Waals surface area contributed by atoms with Crippen LogP contribution in [0.2, 0.25) is 0 Å². The predicted molar refractivity (Wildman–Crippen MR) is 74.6 cm³/mol. The average molecular weight is 260 g/mol. The van der Waals surface area contributed by atoms with Gasteiger partial charge in [0.1, 0.15) is 11.4 Å². The van der Waals surface area contributed by atoms with Gasteiger partial charge in [0, 0.05) is 25.3 Å². The van der Waals surface area contributed by atoms with Gasteiger partial charge in [-0.2, -0.15) is 15.4 Å². The molecule has 0 fully saturated rings. The number of hydrogen-bond acceptors (Lipinski definition) is 4. The van der Waals surface area contributed by atoms with Crippen molar-refractivity contribution in [2.24, 2.45) is 0 Å². The molecule has 0 aliphatic heterocycles. The van der Waals surface area contributed by atoms with Crippen LogP contribution < -0.4 is 5.32 Å². The van der Waals surface area contributed by atoms with Crippen molar-refractivity contribution in [1.29, 1.82) is 0 Å². The lowest BCUT2D eigenvalue weighted by atomic mass is 10.1. The molecule has 2 aromatic rings. The second-order valence-corrected chi connectivity index (χ2v) is 4.43. The summed E-state index contributed by atoms with van der Waals surface area (Å²) in [6, 6.07) is 10.4. The Balaban J connectivity index is 2.04. The Morgan fingerprint density at radius 3 is 2.74 bits per heavy atom. The van der Waals surface area contributed by atoms with E-state index < -0.39 is 0 Å². The van der Waals surface area contributed by atoms with Crippen LogP contribution in [0.5, 0.6) is 0 Å². The topological polar surface area (TPSA) is 62.8 Å². The largest absolute Gasteiger partial charge is 0.383 e. The van der Waals surface area contributed by atoms with Crippen LogP contribution >= 0.6 is 0 Å². The molecule has 2 N–H and O–H groups in total. The lowest BCUT2D eigenvalue weighted by Crippen LogP contribution is -2.32. The van der Waals surface area contributed by atoms with E-state index in [-0.39, 0.29) is 0 Å². The molecule has 5 nitrogen and oxygen atoms in total. The highest BCUT2D eigenvalue weighted by Crippen LogP contribution is 2.18. The molecule has 5 heteroatoms. The fourth-order valence-electron chi connectivity index (χ4n) is 1.97. The molecule has 0 amide bonds. The Kier molecular flexibility index (Phi) is 5.06. The summed E-state index contributed by atoms with van der Waals surface area (Å²) in [4.78, 5) is 0. The number of rotatable bonds is 7. The van der Waals surface area contributed by atoms with Crippen molar-refractivity contribution in [2.75, 3.05) is 13.7 Å². The van der Waals surface area contributed by atoms with Gasteiger partial charge >= 0.3 is 0 Å². The maximum atomic E-state index is 5.17. The summed E-state index contributed by atoms with van der Waals surface area (Å²) in [5, 5.41) is 14.6. The van der Waals surface area contributed by atoms with Gasteiger partial charge in [0.2, 0.25) is 0 Å². The SMILES string of the molecule is CCC(COC)NCc1n[nH]nc1-c1ccccc1. The maximum Gasteiger partial charge on any atom is 0.117 e. The van der Waals surface area contributed by atoms with Gasteiger partial charge < -0.3 is 10.1 Å². The fourth-order valence-corrected chi connectivity index (χ4v) is 1.97. The smallest absolute Gasteiger partial charge is 0.117 e. The molecule has 102 valence electrons. The number of nitrogens with zero attached hydrogens (tertiary/aromatic N) is 2. The second kappa shape index (κ2) is 7.01. The fraction of sp³-hybridized carbons (Fsp3) is 0.429. The first kappa shape index (κ1) is 13.7. The zero-order chi connectivity index (χ0) is 13.5. The maximum absolute atomic E-state index is 5.17. The zero-order valence-corrected chi connectivity index (χ0v) is 11.4. The molecule has 0 bridgehead atoms. The number of methoxy groups -OCH3 is 1. The quantitative estimate of drug-likeness (QED) is 0.799. The summed E-state index contributed by atoms with van der Waals surface area (Å²) in [6.45, 7) is 3.52. The molecule has 1 atom stereocenters. The highest BCUT2D eigenvalue weighted by atomic mass is 16.5. The second-order valence-electron chi connectivity index (χ2n) is 4.43. The van der Waals surface area contributed by atoms with Gasteiger partial charge in [-0.1, -0.05) is 37.3 Å². The van der Waals surface area contributed by atoms with E-state index in [0.29, 0.717) is 19.2 Å². The molecule has 0 aliphatic carbocycles. The summed E-state index contributed by atoms with van der Waals surface area (Å²) in [5.74, 6) is 0. The zero-order valence-electron chi connectivity index (χ0n) is 11.4. The first-order valence-electron chi connectivity index (χ1n) is 6.52. The molecule has 0 spiro atoms. The van der Waals surface area contributed by atoms with Crippen LogP contribution in [0.15, 0.2) is 30.3 Å². The van der Waals surface area contributed by atoms with Gasteiger partial charge in [-0.05, 0) is 6.42 Å². The molecule has 2 rings (SSSR count). The van der Waals surface area contributed by atoms with Gasteiger partial charge in [-0.3, -0.25) is 0 Å². The van der Waals surface area contributed by atoms with Crippen LogP contribution in [0.3, 0.4) is 0 Å². The van der Waals surface area contributed by atoms with E-state index in [4.69, 9.17) is 4.74 Å². The van der Waals surface area contributed by atoms with Crippen molar-refractivity contribution >= 4 is 0 Å². The van der Waals surface area contributed by atoms with Crippen molar-refractivity contribution in [3.8, 4) is 11.3 Å². The highest BCUT2D eigenvalue weighted by molar-refractivity contribution is 5.60. The Bertz CT molecular complexity index is 483. The van der Waals surface area contributed by atoms with Gasteiger partial charge in [-0.25, -0.2) is 0 Å². The van der Waals surface area contributed by atoms with E-state index in [1.807, 2.05) is 30.3 Å². The molecule has 0 saturated carbocycles. The van der Waals surface area contributed by atoms with E-state index in [1.54, 1.807) is 7.11 Å². The molecule has 19 heavy (non-hydrogen) atoms. The molecule has 1 aromatic heterocycles. The van der Waals surface area contributed by atoms with Crippen LogP contribution in [0.4, 0.5) is 0 Å². The molecule has 1 aromatic carbocycles. The van der Waals surface area contributed by atoms with E-state index in [0.717, 1.165) is 23.4 Å². The predicted octanol–water partition coefficient (Wildman–Crippen LogP) is 1.99. The molecular formula is C14H20N4O. The summed E-state index contributed by atoms with van der Waals surface area (Å²) in [6.07, 6.45) is 1.02. The first-order valence-corrected chi connectivity index (χ1v) is 6.52. The normalized spacial score (nSPS) is 12.5. The minimum Gasteiger partial charge on any atom is -0.383 e.